The normalized spacial score (nSPS) is 17.6. The van der Waals surface area contributed by atoms with E-state index in [1.165, 1.54) is 29.7 Å². The molecular formula is C16H24N2OS. The zero-order valence-electron chi connectivity index (χ0n) is 12.2. The second-order valence-electron chi connectivity index (χ2n) is 5.25. The Morgan fingerprint density at radius 3 is 2.90 bits per heavy atom. The third-order valence-electron chi connectivity index (χ3n) is 3.72. The summed E-state index contributed by atoms with van der Waals surface area (Å²) in [5, 5.41) is 6.37. The van der Waals surface area contributed by atoms with Crippen LogP contribution in [0.2, 0.25) is 0 Å². The standard InChI is InChI=1S/C16H24N2OS/c1-20-10-6-2-5-9-17-16(19)15-11-13-7-3-4-8-14(13)12-18-15/h3-4,7-8,15,18H,2,5-6,9-12H2,1H3,(H,17,19)/t15-/m1/s1. The second-order valence-corrected chi connectivity index (χ2v) is 6.24. The van der Waals surface area contributed by atoms with Crippen molar-refractivity contribution in [2.45, 2.75) is 38.3 Å². The number of rotatable bonds is 7. The van der Waals surface area contributed by atoms with Crippen molar-refractivity contribution in [2.75, 3.05) is 18.6 Å². The Morgan fingerprint density at radius 2 is 2.10 bits per heavy atom. The molecule has 0 spiro atoms. The number of carbonyl (C=O) groups is 1. The van der Waals surface area contributed by atoms with Gasteiger partial charge >= 0.3 is 0 Å². The Bertz CT molecular complexity index is 436. The van der Waals surface area contributed by atoms with E-state index in [2.05, 4.69) is 35.1 Å². The largest absolute Gasteiger partial charge is 0.355 e. The predicted octanol–water partition coefficient (Wildman–Crippen LogP) is 2.35. The van der Waals surface area contributed by atoms with Crippen molar-refractivity contribution >= 4 is 17.7 Å². The van der Waals surface area contributed by atoms with Gasteiger partial charge in [0, 0.05) is 13.1 Å². The molecule has 0 bridgehead atoms. The average molecular weight is 292 g/mol. The number of carbonyl (C=O) groups excluding carboxylic acids is 1. The van der Waals surface area contributed by atoms with E-state index in [-0.39, 0.29) is 11.9 Å². The summed E-state index contributed by atoms with van der Waals surface area (Å²) in [6.45, 7) is 1.59. The van der Waals surface area contributed by atoms with Gasteiger partial charge in [0.2, 0.25) is 5.91 Å². The predicted molar refractivity (Wildman–Crippen MR) is 86.0 cm³/mol. The topological polar surface area (TPSA) is 41.1 Å². The Morgan fingerprint density at radius 1 is 1.30 bits per heavy atom. The molecular weight excluding hydrogens is 268 g/mol. The molecule has 4 heteroatoms. The number of hydrogen-bond donors (Lipinski definition) is 2. The van der Waals surface area contributed by atoms with E-state index in [9.17, 15) is 4.79 Å². The molecule has 2 N–H and O–H groups in total. The monoisotopic (exact) mass is 292 g/mol. The summed E-state index contributed by atoms with van der Waals surface area (Å²) >= 11 is 1.88. The Hall–Kier alpha value is -1.00. The number of nitrogens with one attached hydrogen (secondary N) is 2. The van der Waals surface area contributed by atoms with Gasteiger partial charge in [-0.1, -0.05) is 30.7 Å². The van der Waals surface area contributed by atoms with Crippen LogP contribution in [0.15, 0.2) is 24.3 Å². The van der Waals surface area contributed by atoms with E-state index < -0.39 is 0 Å². The lowest BCUT2D eigenvalue weighted by atomic mass is 9.95. The van der Waals surface area contributed by atoms with E-state index in [0.29, 0.717) is 0 Å². The van der Waals surface area contributed by atoms with Gasteiger partial charge in [-0.3, -0.25) is 4.79 Å². The minimum Gasteiger partial charge on any atom is -0.355 e. The highest BCUT2D eigenvalue weighted by atomic mass is 32.2. The molecule has 20 heavy (non-hydrogen) atoms. The van der Waals surface area contributed by atoms with Gasteiger partial charge < -0.3 is 10.6 Å². The summed E-state index contributed by atoms with van der Waals surface area (Å²) in [6, 6.07) is 8.28. The number of benzene rings is 1. The maximum absolute atomic E-state index is 12.1. The number of thioether (sulfide) groups is 1. The summed E-state index contributed by atoms with van der Waals surface area (Å²) in [6.07, 6.45) is 6.45. The average Bonchev–Trinajstić information content (AvgIpc) is 2.50. The van der Waals surface area contributed by atoms with E-state index in [4.69, 9.17) is 0 Å². The highest BCUT2D eigenvalue weighted by Gasteiger charge is 2.23. The van der Waals surface area contributed by atoms with Crippen LogP contribution in [0.25, 0.3) is 0 Å². The lowest BCUT2D eigenvalue weighted by Gasteiger charge is -2.25. The lowest BCUT2D eigenvalue weighted by Crippen LogP contribution is -2.47. The lowest BCUT2D eigenvalue weighted by molar-refractivity contribution is -0.123. The van der Waals surface area contributed by atoms with Crippen molar-refractivity contribution in [3.63, 3.8) is 0 Å². The van der Waals surface area contributed by atoms with Crippen molar-refractivity contribution in [1.29, 1.82) is 0 Å². The van der Waals surface area contributed by atoms with Crippen LogP contribution in [0.3, 0.4) is 0 Å². The molecule has 1 heterocycles. The van der Waals surface area contributed by atoms with Gasteiger partial charge in [0.1, 0.15) is 0 Å². The van der Waals surface area contributed by atoms with Crippen LogP contribution in [0, 0.1) is 0 Å². The van der Waals surface area contributed by atoms with Crippen LogP contribution in [0.4, 0.5) is 0 Å². The van der Waals surface area contributed by atoms with E-state index >= 15 is 0 Å². The molecule has 110 valence electrons. The molecule has 1 aliphatic rings. The van der Waals surface area contributed by atoms with Crippen molar-refractivity contribution in [2.24, 2.45) is 0 Å². The SMILES string of the molecule is CSCCCCCNC(=O)[C@H]1Cc2ccccc2CN1. The molecule has 0 saturated carbocycles. The summed E-state index contributed by atoms with van der Waals surface area (Å²) in [4.78, 5) is 12.1. The van der Waals surface area contributed by atoms with Gasteiger partial charge in [-0.05, 0) is 42.4 Å². The molecule has 0 aromatic heterocycles. The Balaban J connectivity index is 1.69. The fourth-order valence-corrected chi connectivity index (χ4v) is 3.02. The molecule has 0 saturated heterocycles. The van der Waals surface area contributed by atoms with Crippen molar-refractivity contribution < 1.29 is 4.79 Å². The molecule has 0 unspecified atom stereocenters. The molecule has 1 aromatic carbocycles. The van der Waals surface area contributed by atoms with Crippen LogP contribution in [-0.2, 0) is 17.8 Å². The fourth-order valence-electron chi connectivity index (χ4n) is 2.52. The third-order valence-corrected chi connectivity index (χ3v) is 4.42. The Kier molecular flexibility index (Phi) is 6.40. The highest BCUT2D eigenvalue weighted by molar-refractivity contribution is 7.98. The molecule has 1 aromatic rings. The van der Waals surface area contributed by atoms with Gasteiger partial charge in [0.25, 0.3) is 0 Å². The maximum Gasteiger partial charge on any atom is 0.237 e. The van der Waals surface area contributed by atoms with Crippen LogP contribution < -0.4 is 10.6 Å². The first-order valence-electron chi connectivity index (χ1n) is 7.38. The van der Waals surface area contributed by atoms with Crippen LogP contribution >= 0.6 is 11.8 Å². The molecule has 3 nitrogen and oxygen atoms in total. The van der Waals surface area contributed by atoms with Gasteiger partial charge in [0.05, 0.1) is 6.04 Å². The summed E-state index contributed by atoms with van der Waals surface area (Å²) in [7, 11) is 0. The summed E-state index contributed by atoms with van der Waals surface area (Å²) in [5.74, 6) is 1.36. The van der Waals surface area contributed by atoms with E-state index in [0.717, 1.165) is 25.9 Å². The fraction of sp³-hybridized carbons (Fsp3) is 0.562. The molecule has 0 radical (unpaired) electrons. The number of fused-ring (bicyclic) bond motifs is 1. The van der Waals surface area contributed by atoms with Crippen molar-refractivity contribution in [3.05, 3.63) is 35.4 Å². The highest BCUT2D eigenvalue weighted by Crippen LogP contribution is 2.16. The molecule has 0 fully saturated rings. The molecule has 2 rings (SSSR count). The molecule has 1 amide bonds. The Labute approximate surface area is 125 Å². The summed E-state index contributed by atoms with van der Waals surface area (Å²) in [5.41, 5.74) is 2.61. The second kappa shape index (κ2) is 8.32. The first kappa shape index (κ1) is 15.4. The van der Waals surface area contributed by atoms with Gasteiger partial charge in [0.15, 0.2) is 0 Å². The maximum atomic E-state index is 12.1. The first-order chi connectivity index (χ1) is 9.81. The van der Waals surface area contributed by atoms with Crippen molar-refractivity contribution in [1.82, 2.24) is 10.6 Å². The zero-order valence-corrected chi connectivity index (χ0v) is 13.0. The third kappa shape index (κ3) is 4.53. The minimum atomic E-state index is -0.0731. The number of unbranched alkanes of at least 4 members (excludes halogenated alkanes) is 2. The number of hydrogen-bond acceptors (Lipinski definition) is 3. The molecule has 1 aliphatic heterocycles. The smallest absolute Gasteiger partial charge is 0.237 e. The van der Waals surface area contributed by atoms with Crippen molar-refractivity contribution in [3.8, 4) is 0 Å². The molecule has 0 aliphatic carbocycles. The van der Waals surface area contributed by atoms with Crippen LogP contribution in [0.1, 0.15) is 30.4 Å². The van der Waals surface area contributed by atoms with Crippen LogP contribution in [-0.4, -0.2) is 30.5 Å². The van der Waals surface area contributed by atoms with Gasteiger partial charge in [-0.2, -0.15) is 11.8 Å². The van der Waals surface area contributed by atoms with E-state index in [1.54, 1.807) is 0 Å². The van der Waals surface area contributed by atoms with E-state index in [1.807, 2.05) is 17.8 Å². The zero-order chi connectivity index (χ0) is 14.2. The van der Waals surface area contributed by atoms with Gasteiger partial charge in [-0.15, -0.1) is 0 Å². The number of amides is 1. The van der Waals surface area contributed by atoms with Crippen LogP contribution in [0.5, 0.6) is 0 Å². The van der Waals surface area contributed by atoms with Gasteiger partial charge in [-0.25, -0.2) is 0 Å². The molecule has 1 atom stereocenters. The minimum absolute atomic E-state index is 0.0731. The first-order valence-corrected chi connectivity index (χ1v) is 8.77. The summed E-state index contributed by atoms with van der Waals surface area (Å²) < 4.78 is 0. The quantitative estimate of drug-likeness (QED) is 0.758.